The Kier molecular flexibility index (Phi) is 5.63. The number of fused-ring (bicyclic) bond motifs is 2. The van der Waals surface area contributed by atoms with E-state index in [4.69, 9.17) is 10.7 Å². The number of benzene rings is 3. The van der Waals surface area contributed by atoms with Crippen molar-refractivity contribution in [3.63, 3.8) is 0 Å². The van der Waals surface area contributed by atoms with Crippen LogP contribution in [0.25, 0.3) is 22.2 Å². The van der Waals surface area contributed by atoms with E-state index in [1.54, 1.807) is 34.9 Å². The molecule has 0 bridgehead atoms. The van der Waals surface area contributed by atoms with Gasteiger partial charge in [0.15, 0.2) is 5.65 Å². The molecule has 0 radical (unpaired) electrons. The number of nitrogens with zero attached hydrogens (tertiary/aromatic N) is 3. The highest BCUT2D eigenvalue weighted by Crippen LogP contribution is 2.28. The number of carbonyl (C=O) groups excluding carboxylic acids is 1. The Hall–Kier alpha value is -4.33. The minimum Gasteiger partial charge on any atom is -0.384 e. The van der Waals surface area contributed by atoms with Crippen LogP contribution < -0.4 is 11.1 Å². The molecule has 0 fully saturated rings. The molecule has 0 aliphatic carbocycles. The van der Waals surface area contributed by atoms with Crippen molar-refractivity contribution in [2.75, 3.05) is 5.73 Å². The first-order valence-electron chi connectivity index (χ1n) is 10.8. The lowest BCUT2D eigenvalue weighted by Crippen LogP contribution is -2.24. The molecule has 170 valence electrons. The first-order valence-corrected chi connectivity index (χ1v) is 10.8. The van der Waals surface area contributed by atoms with Crippen LogP contribution >= 0.6 is 0 Å². The number of rotatable bonds is 6. The van der Waals surface area contributed by atoms with Gasteiger partial charge in [-0.05, 0) is 47.9 Å². The van der Waals surface area contributed by atoms with Gasteiger partial charge in [0.1, 0.15) is 28.5 Å². The molecule has 8 heteroatoms. The fourth-order valence-electron chi connectivity index (χ4n) is 3.97. The maximum absolute atomic E-state index is 14.2. The molecule has 34 heavy (non-hydrogen) atoms. The predicted molar refractivity (Wildman–Crippen MR) is 127 cm³/mol. The zero-order valence-corrected chi connectivity index (χ0v) is 18.1. The molecule has 3 aromatic carbocycles. The Morgan fingerprint density at radius 1 is 0.912 bits per heavy atom. The number of nitrogen functional groups attached to an aromatic ring is 1. The van der Waals surface area contributed by atoms with Crippen LogP contribution in [0.15, 0.2) is 72.8 Å². The highest BCUT2D eigenvalue weighted by molar-refractivity contribution is 6.10. The number of halogens is 2. The molecule has 0 saturated heterocycles. The number of nitrogens with two attached hydrogens (primary N) is 1. The van der Waals surface area contributed by atoms with Gasteiger partial charge in [0.2, 0.25) is 0 Å². The van der Waals surface area contributed by atoms with Gasteiger partial charge >= 0.3 is 0 Å². The van der Waals surface area contributed by atoms with E-state index in [-0.39, 0.29) is 29.6 Å². The first-order chi connectivity index (χ1) is 16.5. The second kappa shape index (κ2) is 8.90. The highest BCUT2D eigenvalue weighted by Gasteiger charge is 2.24. The third-order valence-corrected chi connectivity index (χ3v) is 5.75. The van der Waals surface area contributed by atoms with Crippen LogP contribution in [0.4, 0.5) is 14.6 Å². The molecule has 1 amide bonds. The quantitative estimate of drug-likeness (QED) is 0.390. The molecule has 0 spiro atoms. The summed E-state index contributed by atoms with van der Waals surface area (Å²) >= 11 is 0. The zero-order valence-electron chi connectivity index (χ0n) is 18.1. The summed E-state index contributed by atoms with van der Waals surface area (Å²) in [4.78, 5) is 22.6. The number of hydrogen-bond acceptors (Lipinski definition) is 4. The summed E-state index contributed by atoms with van der Waals surface area (Å²) < 4.78 is 29.1. The maximum atomic E-state index is 14.2. The third kappa shape index (κ3) is 4.05. The Morgan fingerprint density at radius 3 is 2.32 bits per heavy atom. The van der Waals surface area contributed by atoms with Crippen LogP contribution in [0.5, 0.6) is 0 Å². The van der Waals surface area contributed by atoms with E-state index in [0.29, 0.717) is 40.7 Å². The van der Waals surface area contributed by atoms with Gasteiger partial charge in [-0.15, -0.1) is 0 Å². The molecule has 6 nitrogen and oxygen atoms in total. The zero-order chi connectivity index (χ0) is 23.7. The van der Waals surface area contributed by atoms with Crippen molar-refractivity contribution in [1.82, 2.24) is 19.9 Å². The van der Waals surface area contributed by atoms with Crippen molar-refractivity contribution in [1.29, 1.82) is 0 Å². The Labute approximate surface area is 194 Å². The van der Waals surface area contributed by atoms with Gasteiger partial charge in [-0.1, -0.05) is 42.5 Å². The van der Waals surface area contributed by atoms with Gasteiger partial charge in [0.25, 0.3) is 5.91 Å². The van der Waals surface area contributed by atoms with Crippen molar-refractivity contribution < 1.29 is 13.6 Å². The van der Waals surface area contributed by atoms with E-state index in [1.807, 2.05) is 24.3 Å². The maximum Gasteiger partial charge on any atom is 0.257 e. The fraction of sp³-hybridized carbons (Fsp3) is 0.115. The molecule has 0 aliphatic heterocycles. The summed E-state index contributed by atoms with van der Waals surface area (Å²) in [5.74, 6) is -0.856. The van der Waals surface area contributed by atoms with Crippen LogP contribution in [-0.2, 0) is 19.5 Å². The first kappa shape index (κ1) is 21.5. The minimum atomic E-state index is -0.416. The molecule has 0 aliphatic rings. The largest absolute Gasteiger partial charge is 0.384 e. The van der Waals surface area contributed by atoms with Crippen molar-refractivity contribution in [2.24, 2.45) is 0 Å². The molecule has 3 N–H and O–H groups in total. The SMILES string of the molecule is Nc1c(C(=O)NCc2ccc(F)cc2)c2nc3ccccc3nc2n1CCc1ccccc1F. The number of para-hydroxylation sites is 2. The lowest BCUT2D eigenvalue weighted by molar-refractivity contribution is 0.0953. The van der Waals surface area contributed by atoms with E-state index in [2.05, 4.69) is 10.3 Å². The van der Waals surface area contributed by atoms with Crippen molar-refractivity contribution in [2.45, 2.75) is 19.5 Å². The van der Waals surface area contributed by atoms with Gasteiger partial charge < -0.3 is 15.6 Å². The molecule has 2 aromatic heterocycles. The van der Waals surface area contributed by atoms with Crippen molar-refractivity contribution in [3.05, 3.63) is 101 Å². The molecule has 0 saturated carbocycles. The molecule has 5 rings (SSSR count). The number of hydrogen-bond donors (Lipinski definition) is 2. The number of amides is 1. The molecule has 5 aromatic rings. The number of aryl methyl sites for hydroxylation is 2. The molecule has 0 unspecified atom stereocenters. The lowest BCUT2D eigenvalue weighted by atomic mass is 10.1. The smallest absolute Gasteiger partial charge is 0.257 e. The number of aromatic nitrogens is 3. The van der Waals surface area contributed by atoms with Crippen LogP contribution in [0.2, 0.25) is 0 Å². The van der Waals surface area contributed by atoms with Crippen LogP contribution in [0.1, 0.15) is 21.5 Å². The summed E-state index contributed by atoms with van der Waals surface area (Å²) in [5.41, 5.74) is 10.1. The predicted octanol–water partition coefficient (Wildman–Crippen LogP) is 4.62. The van der Waals surface area contributed by atoms with Gasteiger partial charge in [-0.25, -0.2) is 18.7 Å². The fourth-order valence-corrected chi connectivity index (χ4v) is 3.97. The monoisotopic (exact) mass is 457 g/mol. The standard InChI is InChI=1S/C26H21F2N5O/c27-18-11-9-16(10-12-18)15-30-26(34)22-23-25(32-21-8-4-3-7-20(21)31-23)33(24(22)29)14-13-17-5-1-2-6-19(17)28/h1-12H,13-15,29H2,(H,30,34). The van der Waals surface area contributed by atoms with Crippen LogP contribution in [0.3, 0.4) is 0 Å². The topological polar surface area (TPSA) is 85.8 Å². The van der Waals surface area contributed by atoms with E-state index in [0.717, 1.165) is 5.56 Å². The number of nitrogens with one attached hydrogen (secondary N) is 1. The lowest BCUT2D eigenvalue weighted by Gasteiger charge is -2.09. The van der Waals surface area contributed by atoms with Gasteiger partial charge in [-0.2, -0.15) is 0 Å². The molecular formula is C26H21F2N5O. The number of anilines is 1. The molecular weight excluding hydrogens is 436 g/mol. The number of carbonyl (C=O) groups is 1. The summed E-state index contributed by atoms with van der Waals surface area (Å²) in [7, 11) is 0. The third-order valence-electron chi connectivity index (χ3n) is 5.75. The van der Waals surface area contributed by atoms with Gasteiger partial charge in [-0.3, -0.25) is 4.79 Å². The minimum absolute atomic E-state index is 0.196. The molecule has 2 heterocycles. The summed E-state index contributed by atoms with van der Waals surface area (Å²) in [5, 5.41) is 2.83. The van der Waals surface area contributed by atoms with Crippen molar-refractivity contribution >= 4 is 33.9 Å². The van der Waals surface area contributed by atoms with Gasteiger partial charge in [0, 0.05) is 13.1 Å². The Bertz CT molecular complexity index is 1510. The Balaban J connectivity index is 1.54. The summed E-state index contributed by atoms with van der Waals surface area (Å²) in [6.07, 6.45) is 0.367. The van der Waals surface area contributed by atoms with E-state index >= 15 is 0 Å². The van der Waals surface area contributed by atoms with E-state index < -0.39 is 5.91 Å². The van der Waals surface area contributed by atoms with E-state index in [1.165, 1.54) is 18.2 Å². The summed E-state index contributed by atoms with van der Waals surface area (Å²) in [6.45, 7) is 0.517. The Morgan fingerprint density at radius 2 is 1.59 bits per heavy atom. The van der Waals surface area contributed by atoms with Gasteiger partial charge in [0.05, 0.1) is 11.0 Å². The highest BCUT2D eigenvalue weighted by atomic mass is 19.1. The van der Waals surface area contributed by atoms with Crippen LogP contribution in [-0.4, -0.2) is 20.4 Å². The second-order valence-corrected chi connectivity index (χ2v) is 7.95. The molecule has 0 atom stereocenters. The van der Waals surface area contributed by atoms with E-state index in [9.17, 15) is 13.6 Å². The average molecular weight is 457 g/mol. The second-order valence-electron chi connectivity index (χ2n) is 7.95. The van der Waals surface area contributed by atoms with Crippen molar-refractivity contribution in [3.8, 4) is 0 Å². The normalized spacial score (nSPS) is 11.2. The average Bonchev–Trinajstić information content (AvgIpc) is 3.11. The van der Waals surface area contributed by atoms with Crippen LogP contribution in [0, 0.1) is 11.6 Å². The summed E-state index contributed by atoms with van der Waals surface area (Å²) in [6, 6.07) is 19.8.